The minimum atomic E-state index is -4.61. The Labute approximate surface area is 76.6 Å². The zero-order valence-corrected chi connectivity index (χ0v) is 7.88. The summed E-state index contributed by atoms with van der Waals surface area (Å²) in [6.07, 6.45) is 0. The van der Waals surface area contributed by atoms with E-state index in [0.717, 1.165) is 0 Å². The van der Waals surface area contributed by atoms with E-state index in [9.17, 15) is 12.3 Å². The molecule has 0 bridgehead atoms. The molecule has 0 saturated heterocycles. The molecule has 0 aliphatic rings. The van der Waals surface area contributed by atoms with Gasteiger partial charge in [-0.05, 0) is 24.6 Å². The highest BCUT2D eigenvalue weighted by Gasteiger charge is 2.12. The fraction of sp³-hybridized carbons (Fsp3) is 0.250. The Morgan fingerprint density at radius 1 is 1.46 bits per heavy atom. The molecule has 3 nitrogen and oxygen atoms in total. The molecule has 1 atom stereocenters. The Balaban J connectivity index is 3.21. The van der Waals surface area contributed by atoms with E-state index in [1.165, 1.54) is 18.2 Å². The van der Waals surface area contributed by atoms with Crippen molar-refractivity contribution in [3.63, 3.8) is 0 Å². The summed E-state index contributed by atoms with van der Waals surface area (Å²) in [7, 11) is -4.61. The van der Waals surface area contributed by atoms with Gasteiger partial charge in [0.25, 0.3) is 0 Å². The lowest BCUT2D eigenvalue weighted by Gasteiger charge is -2.05. The van der Waals surface area contributed by atoms with Gasteiger partial charge in [0.2, 0.25) is 0 Å². The Hall–Kier alpha value is -0.940. The van der Waals surface area contributed by atoms with E-state index in [2.05, 4.69) is 0 Å². The Bertz CT molecular complexity index is 400. The van der Waals surface area contributed by atoms with Crippen molar-refractivity contribution in [1.29, 1.82) is 0 Å². The summed E-state index contributed by atoms with van der Waals surface area (Å²) in [6, 6.07) is 5.24. The lowest BCUT2D eigenvalue weighted by molar-refractivity contribution is 0.552. The quantitative estimate of drug-likeness (QED) is 0.738. The number of nitrogens with two attached hydrogens (primary N) is 1. The van der Waals surface area contributed by atoms with Gasteiger partial charge < -0.3 is 5.73 Å². The van der Waals surface area contributed by atoms with Crippen molar-refractivity contribution in [1.82, 2.24) is 0 Å². The third-order valence-corrected chi connectivity index (χ3v) is 2.48. The van der Waals surface area contributed by atoms with Gasteiger partial charge in [-0.1, -0.05) is 12.1 Å². The molecule has 1 rings (SSSR count). The van der Waals surface area contributed by atoms with Crippen LogP contribution in [0.4, 0.5) is 3.89 Å². The van der Waals surface area contributed by atoms with Crippen LogP contribution in [0.15, 0.2) is 29.2 Å². The van der Waals surface area contributed by atoms with Crippen LogP contribution < -0.4 is 5.73 Å². The molecule has 0 aliphatic heterocycles. The first-order valence-corrected chi connectivity index (χ1v) is 5.10. The highest BCUT2D eigenvalue weighted by atomic mass is 32.3. The first-order valence-electron chi connectivity index (χ1n) is 3.71. The highest BCUT2D eigenvalue weighted by molar-refractivity contribution is 7.86. The molecule has 0 heterocycles. The molecule has 0 fully saturated rings. The second-order valence-corrected chi connectivity index (χ2v) is 4.15. The van der Waals surface area contributed by atoms with Gasteiger partial charge in [0.1, 0.15) is 0 Å². The van der Waals surface area contributed by atoms with Gasteiger partial charge in [0, 0.05) is 6.04 Å². The van der Waals surface area contributed by atoms with Crippen molar-refractivity contribution in [2.75, 3.05) is 0 Å². The van der Waals surface area contributed by atoms with Gasteiger partial charge >= 0.3 is 10.2 Å². The monoisotopic (exact) mass is 203 g/mol. The molecular weight excluding hydrogens is 193 g/mol. The molecule has 0 aromatic heterocycles. The molecule has 13 heavy (non-hydrogen) atoms. The molecular formula is C8H10FNO2S. The predicted octanol–water partition coefficient (Wildman–Crippen LogP) is 1.36. The van der Waals surface area contributed by atoms with E-state index < -0.39 is 10.2 Å². The van der Waals surface area contributed by atoms with E-state index >= 15 is 0 Å². The van der Waals surface area contributed by atoms with Crippen molar-refractivity contribution < 1.29 is 12.3 Å². The molecule has 0 radical (unpaired) electrons. The summed E-state index contributed by atoms with van der Waals surface area (Å²) in [4.78, 5) is -0.345. The largest absolute Gasteiger partial charge is 0.332 e. The summed E-state index contributed by atoms with van der Waals surface area (Å²) >= 11 is 0. The van der Waals surface area contributed by atoms with Crippen molar-refractivity contribution in [3.8, 4) is 0 Å². The Morgan fingerprint density at radius 2 is 2.08 bits per heavy atom. The highest BCUT2D eigenvalue weighted by Crippen LogP contribution is 2.17. The normalized spacial score (nSPS) is 14.1. The number of benzene rings is 1. The smallest absolute Gasteiger partial charge is 0.324 e. The molecule has 0 unspecified atom stereocenters. The first kappa shape index (κ1) is 10.1. The fourth-order valence-corrected chi connectivity index (χ4v) is 1.47. The van der Waals surface area contributed by atoms with Gasteiger partial charge in [0.15, 0.2) is 0 Å². The average molecular weight is 203 g/mol. The molecule has 5 heteroatoms. The van der Waals surface area contributed by atoms with Crippen LogP contribution in [-0.2, 0) is 10.2 Å². The Morgan fingerprint density at radius 3 is 2.54 bits per heavy atom. The van der Waals surface area contributed by atoms with Crippen LogP contribution >= 0.6 is 0 Å². The lowest BCUT2D eigenvalue weighted by atomic mass is 10.1. The van der Waals surface area contributed by atoms with E-state index in [1.54, 1.807) is 13.0 Å². The zero-order chi connectivity index (χ0) is 10.1. The second-order valence-electron chi connectivity index (χ2n) is 2.80. The molecule has 0 amide bonds. The molecule has 0 spiro atoms. The van der Waals surface area contributed by atoms with Gasteiger partial charge in [-0.3, -0.25) is 0 Å². The minimum absolute atomic E-state index is 0.304. The molecule has 72 valence electrons. The maximum absolute atomic E-state index is 12.5. The standard InChI is InChI=1S/C8H10FNO2S/c1-6(10)7-3-2-4-8(5-7)13(9,11)12/h2-6H,10H2,1H3/t6-/m0/s1. The van der Waals surface area contributed by atoms with Crippen molar-refractivity contribution in [3.05, 3.63) is 29.8 Å². The average Bonchev–Trinajstić information content (AvgIpc) is 2.03. The summed E-state index contributed by atoms with van der Waals surface area (Å²) in [5.74, 6) is 0. The second kappa shape index (κ2) is 3.43. The van der Waals surface area contributed by atoms with Crippen LogP contribution in [0, 0.1) is 0 Å². The topological polar surface area (TPSA) is 60.2 Å². The molecule has 0 aliphatic carbocycles. The van der Waals surface area contributed by atoms with Gasteiger partial charge in [-0.15, -0.1) is 3.89 Å². The van der Waals surface area contributed by atoms with E-state index in [1.807, 2.05) is 0 Å². The van der Waals surface area contributed by atoms with Crippen molar-refractivity contribution in [2.24, 2.45) is 5.73 Å². The minimum Gasteiger partial charge on any atom is -0.324 e. The van der Waals surface area contributed by atoms with E-state index in [-0.39, 0.29) is 10.9 Å². The van der Waals surface area contributed by atoms with E-state index in [4.69, 9.17) is 5.73 Å². The molecule has 2 N–H and O–H groups in total. The third kappa shape index (κ3) is 2.50. The van der Waals surface area contributed by atoms with Crippen LogP contribution in [0.3, 0.4) is 0 Å². The summed E-state index contributed by atoms with van der Waals surface area (Å²) in [5.41, 5.74) is 6.10. The number of hydrogen-bond acceptors (Lipinski definition) is 3. The predicted molar refractivity (Wildman–Crippen MR) is 47.3 cm³/mol. The summed E-state index contributed by atoms with van der Waals surface area (Å²) in [6.45, 7) is 1.70. The molecule has 1 aromatic carbocycles. The number of halogens is 1. The first-order chi connectivity index (χ1) is 5.91. The fourth-order valence-electron chi connectivity index (χ4n) is 0.949. The summed E-state index contributed by atoms with van der Waals surface area (Å²) in [5, 5.41) is 0. The lowest BCUT2D eigenvalue weighted by Crippen LogP contribution is -2.05. The van der Waals surface area contributed by atoms with Gasteiger partial charge in [-0.2, -0.15) is 8.42 Å². The summed E-state index contributed by atoms with van der Waals surface area (Å²) < 4.78 is 33.5. The maximum Gasteiger partial charge on any atom is 0.332 e. The van der Waals surface area contributed by atoms with Crippen LogP contribution in [0.5, 0.6) is 0 Å². The SMILES string of the molecule is C[C@H](N)c1cccc(S(=O)(=O)F)c1. The maximum atomic E-state index is 12.5. The Kier molecular flexibility index (Phi) is 2.68. The van der Waals surface area contributed by atoms with Crippen LogP contribution in [0.2, 0.25) is 0 Å². The van der Waals surface area contributed by atoms with Crippen molar-refractivity contribution >= 4 is 10.2 Å². The van der Waals surface area contributed by atoms with Crippen LogP contribution in [0.1, 0.15) is 18.5 Å². The van der Waals surface area contributed by atoms with Gasteiger partial charge in [-0.25, -0.2) is 0 Å². The number of hydrogen-bond donors (Lipinski definition) is 1. The molecule has 0 saturated carbocycles. The molecule has 1 aromatic rings. The third-order valence-electron chi connectivity index (χ3n) is 1.67. The number of rotatable bonds is 2. The van der Waals surface area contributed by atoms with Crippen LogP contribution in [0.25, 0.3) is 0 Å². The van der Waals surface area contributed by atoms with Crippen LogP contribution in [-0.4, -0.2) is 8.42 Å². The van der Waals surface area contributed by atoms with Gasteiger partial charge in [0.05, 0.1) is 4.90 Å². The van der Waals surface area contributed by atoms with Crippen molar-refractivity contribution in [2.45, 2.75) is 17.9 Å². The van der Waals surface area contributed by atoms with E-state index in [0.29, 0.717) is 5.56 Å². The zero-order valence-electron chi connectivity index (χ0n) is 7.07.